The topological polar surface area (TPSA) is 169 Å². The molecule has 1 N–H and O–H groups in total. The summed E-state index contributed by atoms with van der Waals surface area (Å²) in [6.07, 6.45) is 1.69. The summed E-state index contributed by atoms with van der Waals surface area (Å²) >= 11 is 9.49. The van der Waals surface area contributed by atoms with Gasteiger partial charge in [0.05, 0.1) is 71.5 Å². The van der Waals surface area contributed by atoms with Crippen LogP contribution in [0.2, 0.25) is 5.02 Å². The second kappa shape index (κ2) is 13.8. The van der Waals surface area contributed by atoms with Crippen molar-refractivity contribution in [3.8, 4) is 23.0 Å². The van der Waals surface area contributed by atoms with Crippen molar-refractivity contribution >= 4 is 56.1 Å². The highest BCUT2D eigenvalue weighted by Crippen LogP contribution is 2.62. The number of aryl methyl sites for hydroxylation is 2. The molecule has 0 radical (unpaired) electrons. The minimum Gasteiger partial charge on any atom is -0.503 e. The Morgan fingerprint density at radius 3 is 2.37 bits per heavy atom. The largest absolute Gasteiger partial charge is 0.503 e. The number of fused-ring (bicyclic) bond motifs is 5. The molecule has 2 amide bonds. The molecule has 4 heterocycles. The van der Waals surface area contributed by atoms with Gasteiger partial charge in [-0.25, -0.2) is 37.8 Å². The fourth-order valence-corrected chi connectivity index (χ4v) is 9.41. The van der Waals surface area contributed by atoms with E-state index in [-0.39, 0.29) is 58.3 Å². The van der Waals surface area contributed by atoms with Gasteiger partial charge in [0.25, 0.3) is 5.56 Å². The van der Waals surface area contributed by atoms with Crippen LogP contribution in [0.15, 0.2) is 73.0 Å². The predicted molar refractivity (Wildman–Crippen MR) is 209 cm³/mol. The molecule has 1 aliphatic carbocycles. The van der Waals surface area contributed by atoms with Crippen molar-refractivity contribution in [3.63, 3.8) is 0 Å². The molecule has 0 spiro atoms. The van der Waals surface area contributed by atoms with E-state index in [0.717, 1.165) is 15.5 Å². The highest BCUT2D eigenvalue weighted by molar-refractivity contribution is 9.10. The molecule has 15 nitrogen and oxygen atoms in total. The number of phenolic OH excluding ortho intramolecular Hbond substituents is 1. The average molecular weight is 866 g/mol. The van der Waals surface area contributed by atoms with E-state index in [1.165, 1.54) is 47.4 Å². The summed E-state index contributed by atoms with van der Waals surface area (Å²) < 4.78 is 35.8. The van der Waals surface area contributed by atoms with Gasteiger partial charge in [0.15, 0.2) is 23.0 Å². The van der Waals surface area contributed by atoms with Crippen LogP contribution in [0.4, 0.5) is 10.1 Å². The Bertz CT molecular complexity index is 2790. The Hall–Kier alpha value is -5.68. The number of amides is 2. The Morgan fingerprint density at radius 2 is 1.68 bits per heavy atom. The normalized spacial score (nSPS) is 21.3. The number of carbonyl (C=O) groups is 2. The highest BCUT2D eigenvalue weighted by atomic mass is 79.9. The van der Waals surface area contributed by atoms with Gasteiger partial charge in [-0.2, -0.15) is 0 Å². The van der Waals surface area contributed by atoms with Gasteiger partial charge in [0, 0.05) is 38.1 Å². The number of phenols is 1. The summed E-state index contributed by atoms with van der Waals surface area (Å²) in [5, 5.41) is 10.4. The van der Waals surface area contributed by atoms with Gasteiger partial charge in [0.2, 0.25) is 11.8 Å². The summed E-state index contributed by atoms with van der Waals surface area (Å²) in [7, 11) is 5.93. The number of methoxy groups -OCH3 is 3. The molecule has 3 aromatic carbocycles. The number of anilines is 1. The number of nitrogens with zero attached hydrogens (tertiary/aromatic N) is 6. The van der Waals surface area contributed by atoms with Crippen LogP contribution in [0.1, 0.15) is 36.6 Å². The van der Waals surface area contributed by atoms with E-state index in [9.17, 15) is 33.5 Å². The number of aromatic hydroxyl groups is 1. The van der Waals surface area contributed by atoms with E-state index < -0.39 is 57.9 Å². The first kappa shape index (κ1) is 38.2. The molecule has 0 unspecified atom stereocenters. The molecule has 57 heavy (non-hydrogen) atoms. The van der Waals surface area contributed by atoms with Crippen molar-refractivity contribution in [2.75, 3.05) is 26.2 Å². The maximum atomic E-state index is 14.7. The van der Waals surface area contributed by atoms with Crippen LogP contribution in [0.5, 0.6) is 23.0 Å². The third-order valence-corrected chi connectivity index (χ3v) is 12.5. The SMILES string of the molecule is COc1cc2nc(CCn3c(=O)n4n(c3=O)[C@@H]3C[C@H]5C(=O)N(c6ccc(F)c(Cl)c6)C(=O)[C@@]5(C)[C@@H](c5cc(Br)c(O)c(OC)c5)C3=CC4)c(=O)n(C)c2cc1OC. The Morgan fingerprint density at radius 1 is 0.982 bits per heavy atom. The number of carbonyl (C=O) groups excluding carboxylic acids is 2. The first-order chi connectivity index (χ1) is 27.2. The molecule has 18 heteroatoms. The number of hydrogen-bond acceptors (Lipinski definition) is 10. The molecule has 8 rings (SSSR count). The highest BCUT2D eigenvalue weighted by Gasteiger charge is 2.65. The van der Waals surface area contributed by atoms with E-state index in [1.54, 1.807) is 44.3 Å². The number of allylic oxidation sites excluding steroid dienone is 2. The Labute approximate surface area is 336 Å². The molecule has 5 aromatic rings. The smallest absolute Gasteiger partial charge is 0.347 e. The quantitative estimate of drug-likeness (QED) is 0.174. The lowest BCUT2D eigenvalue weighted by molar-refractivity contribution is -0.129. The minimum atomic E-state index is -1.45. The Balaban J connectivity index is 1.23. The fraction of sp³-hybridized carbons (Fsp3) is 0.333. The van der Waals surface area contributed by atoms with Crippen molar-refractivity contribution in [2.24, 2.45) is 18.4 Å². The fourth-order valence-electron chi connectivity index (χ4n) is 8.77. The Kier molecular flexibility index (Phi) is 9.22. The van der Waals surface area contributed by atoms with Crippen molar-refractivity contribution in [2.45, 2.75) is 44.8 Å². The molecule has 0 bridgehead atoms. The van der Waals surface area contributed by atoms with Crippen LogP contribution in [-0.4, -0.2) is 61.7 Å². The van der Waals surface area contributed by atoms with Crippen molar-refractivity contribution < 1.29 is 33.3 Å². The van der Waals surface area contributed by atoms with Gasteiger partial charge < -0.3 is 23.9 Å². The van der Waals surface area contributed by atoms with Crippen LogP contribution in [0.25, 0.3) is 11.0 Å². The molecule has 4 atom stereocenters. The molecular formula is C39H35BrClFN6O9. The number of benzene rings is 3. The van der Waals surface area contributed by atoms with Gasteiger partial charge in [-0.15, -0.1) is 0 Å². The molecule has 1 saturated heterocycles. The molecule has 1 saturated carbocycles. The number of aromatic nitrogens is 5. The monoisotopic (exact) mass is 864 g/mol. The second-order valence-corrected chi connectivity index (χ2v) is 15.6. The van der Waals surface area contributed by atoms with E-state index in [0.29, 0.717) is 33.7 Å². The lowest BCUT2D eigenvalue weighted by Crippen LogP contribution is -2.49. The zero-order valence-corrected chi connectivity index (χ0v) is 33.6. The number of halogens is 3. The molecule has 2 fully saturated rings. The minimum absolute atomic E-state index is 0.0351. The first-order valence-corrected chi connectivity index (χ1v) is 19.0. The summed E-state index contributed by atoms with van der Waals surface area (Å²) in [5.74, 6) is -3.03. The molecule has 3 aliphatic rings. The molecule has 296 valence electrons. The molecular weight excluding hydrogens is 831 g/mol. The van der Waals surface area contributed by atoms with Gasteiger partial charge >= 0.3 is 11.4 Å². The van der Waals surface area contributed by atoms with Crippen LogP contribution < -0.4 is 36.0 Å². The van der Waals surface area contributed by atoms with Gasteiger partial charge in [-0.3, -0.25) is 14.4 Å². The molecule has 2 aromatic heterocycles. The van der Waals surface area contributed by atoms with Gasteiger partial charge in [0.1, 0.15) is 11.5 Å². The van der Waals surface area contributed by atoms with Crippen molar-refractivity contribution in [3.05, 3.63) is 112 Å². The maximum Gasteiger partial charge on any atom is 0.347 e. The van der Waals surface area contributed by atoms with Crippen LogP contribution in [0, 0.1) is 17.2 Å². The number of ether oxygens (including phenoxy) is 3. The van der Waals surface area contributed by atoms with E-state index in [1.807, 2.05) is 0 Å². The number of imide groups is 1. The van der Waals surface area contributed by atoms with Crippen LogP contribution in [-0.2, 0) is 36.1 Å². The van der Waals surface area contributed by atoms with Crippen molar-refractivity contribution in [1.82, 2.24) is 23.5 Å². The lowest BCUT2D eigenvalue weighted by atomic mass is 9.56. The predicted octanol–water partition coefficient (Wildman–Crippen LogP) is 4.45. The summed E-state index contributed by atoms with van der Waals surface area (Å²) in [5.41, 5.74) is -0.943. The number of rotatable bonds is 8. The summed E-state index contributed by atoms with van der Waals surface area (Å²) in [6, 6.07) is 9.19. The average Bonchev–Trinajstić information content (AvgIpc) is 3.55. The summed E-state index contributed by atoms with van der Waals surface area (Å²) in [6.45, 7) is 1.45. The van der Waals surface area contributed by atoms with Crippen LogP contribution in [0.3, 0.4) is 0 Å². The maximum absolute atomic E-state index is 14.7. The van der Waals surface area contributed by atoms with Crippen LogP contribution >= 0.6 is 27.5 Å². The lowest BCUT2D eigenvalue weighted by Gasteiger charge is -2.47. The number of hydrogen-bond donors (Lipinski definition) is 1. The van der Waals surface area contributed by atoms with E-state index in [2.05, 4.69) is 20.9 Å². The third kappa shape index (κ3) is 5.56. The first-order valence-electron chi connectivity index (χ1n) is 17.8. The second-order valence-electron chi connectivity index (χ2n) is 14.4. The summed E-state index contributed by atoms with van der Waals surface area (Å²) in [4.78, 5) is 76.6. The van der Waals surface area contributed by atoms with E-state index >= 15 is 0 Å². The van der Waals surface area contributed by atoms with Crippen molar-refractivity contribution in [1.29, 1.82) is 0 Å². The zero-order valence-electron chi connectivity index (χ0n) is 31.2. The standard InChI is InChI=1S/C39H35BrClFN6O9/c1-39-21(34(50)47(36(39)52)19-6-7-24(42)23(41)14-19)15-27-20(32(39)18-12-22(40)33(49)31(13-18)57-5)8-11-46-37(53)45(38(54)48(27)46)10-9-25-35(51)44(2)28-17-30(56-4)29(55-3)16-26(28)43-25/h6-8,12-14,16-17,21,27,32,49H,9-11,15H2,1-5H3/t21-,27+,32-,39+/m0/s1. The zero-order chi connectivity index (χ0) is 40.8. The van der Waals surface area contributed by atoms with Gasteiger partial charge in [-0.1, -0.05) is 17.7 Å². The van der Waals surface area contributed by atoms with Gasteiger partial charge in [-0.05, 0) is 70.7 Å². The molecule has 2 aliphatic heterocycles. The third-order valence-electron chi connectivity index (χ3n) is 11.6. The van der Waals surface area contributed by atoms with E-state index in [4.69, 9.17) is 25.8 Å².